The lowest BCUT2D eigenvalue weighted by Crippen LogP contribution is -2.22. The first-order chi connectivity index (χ1) is 11.0. The average Bonchev–Trinajstić information content (AvgIpc) is 2.77. The molecule has 2 aromatic rings. The molecule has 0 saturated heterocycles. The zero-order valence-corrected chi connectivity index (χ0v) is 12.9. The number of aromatic nitrogens is 2. The molecule has 1 heterocycles. The van der Waals surface area contributed by atoms with Gasteiger partial charge in [-0.2, -0.15) is 10.5 Å². The van der Waals surface area contributed by atoms with Crippen molar-refractivity contribution in [1.82, 2.24) is 9.13 Å². The van der Waals surface area contributed by atoms with Crippen molar-refractivity contribution < 1.29 is 13.9 Å². The molecule has 7 nitrogen and oxygen atoms in total. The second-order valence-electron chi connectivity index (χ2n) is 4.38. The molecule has 0 aliphatic rings. The van der Waals surface area contributed by atoms with Gasteiger partial charge in [-0.05, 0) is 6.07 Å². The van der Waals surface area contributed by atoms with E-state index >= 15 is 0 Å². The number of rotatable bonds is 4. The van der Waals surface area contributed by atoms with Crippen LogP contribution in [0, 0.1) is 28.5 Å². The number of nitriles is 2. The Balaban J connectivity index is 2.76. The highest BCUT2D eigenvalue weighted by Gasteiger charge is 2.22. The number of methoxy groups -OCH3 is 1. The summed E-state index contributed by atoms with van der Waals surface area (Å²) in [7, 11) is 2.71. The lowest BCUT2D eigenvalue weighted by Gasteiger charge is -2.11. The molecule has 0 bridgehead atoms. The minimum atomic E-state index is -0.839. The largest absolute Gasteiger partial charge is 0.466 e. The molecule has 23 heavy (non-hydrogen) atoms. The average molecular weight is 337 g/mol. The summed E-state index contributed by atoms with van der Waals surface area (Å²) in [5, 5.41) is 18.3. The van der Waals surface area contributed by atoms with Crippen LogP contribution >= 0.6 is 11.6 Å². The normalized spacial score (nSPS) is 10.2. The molecule has 118 valence electrons. The van der Waals surface area contributed by atoms with Gasteiger partial charge in [0.15, 0.2) is 18.2 Å². The van der Waals surface area contributed by atoms with Gasteiger partial charge in [0.25, 0.3) is 0 Å². The SMILES string of the molecule is COCOc1cc(-n2c(C#N)c(C#N)n(C)c2=O)c(F)cc1Cl. The maximum Gasteiger partial charge on any atom is 0.334 e. The van der Waals surface area contributed by atoms with Crippen molar-refractivity contribution in [3.8, 4) is 23.6 Å². The fraction of sp³-hybridized carbons (Fsp3) is 0.214. The van der Waals surface area contributed by atoms with Gasteiger partial charge in [-0.1, -0.05) is 11.6 Å². The standard InChI is InChI=1S/C14H10ClFN4O3/c1-19-11(5-17)12(6-18)20(14(19)21)10-4-13(23-7-22-2)8(15)3-9(10)16/h3-4H,7H2,1-2H3. The molecule has 1 aromatic carbocycles. The minimum Gasteiger partial charge on any atom is -0.466 e. The zero-order valence-electron chi connectivity index (χ0n) is 12.1. The monoisotopic (exact) mass is 336 g/mol. The third-order valence-corrected chi connectivity index (χ3v) is 3.34. The lowest BCUT2D eigenvalue weighted by molar-refractivity contribution is 0.0511. The van der Waals surface area contributed by atoms with Gasteiger partial charge in [-0.3, -0.25) is 4.57 Å². The van der Waals surface area contributed by atoms with Gasteiger partial charge in [-0.15, -0.1) is 0 Å². The van der Waals surface area contributed by atoms with Gasteiger partial charge in [-0.25, -0.2) is 13.8 Å². The van der Waals surface area contributed by atoms with Crippen LogP contribution < -0.4 is 10.4 Å². The Kier molecular flexibility index (Phi) is 4.70. The summed E-state index contributed by atoms with van der Waals surface area (Å²) >= 11 is 5.87. The Morgan fingerprint density at radius 2 is 1.96 bits per heavy atom. The molecule has 0 atom stereocenters. The molecule has 0 N–H and O–H groups in total. The molecule has 0 amide bonds. The van der Waals surface area contributed by atoms with E-state index in [2.05, 4.69) is 0 Å². The number of ether oxygens (including phenoxy) is 2. The fourth-order valence-electron chi connectivity index (χ4n) is 1.98. The summed E-state index contributed by atoms with van der Waals surface area (Å²) in [6.07, 6.45) is 0. The number of imidazole rings is 1. The fourth-order valence-corrected chi connectivity index (χ4v) is 2.19. The van der Waals surface area contributed by atoms with E-state index in [1.807, 2.05) is 0 Å². The first kappa shape index (κ1) is 16.6. The van der Waals surface area contributed by atoms with E-state index in [0.717, 1.165) is 15.2 Å². The molecule has 0 fully saturated rings. The van der Waals surface area contributed by atoms with Crippen molar-refractivity contribution in [1.29, 1.82) is 10.5 Å². The van der Waals surface area contributed by atoms with Crippen molar-refractivity contribution in [2.24, 2.45) is 7.05 Å². The second-order valence-corrected chi connectivity index (χ2v) is 4.79. The van der Waals surface area contributed by atoms with E-state index < -0.39 is 11.5 Å². The van der Waals surface area contributed by atoms with Crippen LogP contribution in [0.4, 0.5) is 4.39 Å². The van der Waals surface area contributed by atoms with Crippen LogP contribution in [-0.4, -0.2) is 23.0 Å². The smallest absolute Gasteiger partial charge is 0.334 e. The van der Waals surface area contributed by atoms with E-state index in [1.165, 1.54) is 20.2 Å². The highest BCUT2D eigenvalue weighted by atomic mass is 35.5. The summed E-state index contributed by atoms with van der Waals surface area (Å²) < 4.78 is 25.9. The van der Waals surface area contributed by atoms with Crippen molar-refractivity contribution >= 4 is 11.6 Å². The molecule has 2 rings (SSSR count). The molecule has 0 aliphatic carbocycles. The van der Waals surface area contributed by atoms with Crippen LogP contribution in [-0.2, 0) is 11.8 Å². The molecule has 1 aromatic heterocycles. The number of nitrogens with zero attached hydrogens (tertiary/aromatic N) is 4. The van der Waals surface area contributed by atoms with Gasteiger partial charge < -0.3 is 9.47 Å². The van der Waals surface area contributed by atoms with Crippen molar-refractivity contribution in [3.05, 3.63) is 44.8 Å². The topological polar surface area (TPSA) is 93.0 Å². The van der Waals surface area contributed by atoms with E-state index in [1.54, 1.807) is 12.1 Å². The molecule has 0 radical (unpaired) electrons. The Morgan fingerprint density at radius 3 is 2.52 bits per heavy atom. The highest BCUT2D eigenvalue weighted by Crippen LogP contribution is 2.30. The summed E-state index contributed by atoms with van der Waals surface area (Å²) in [5.74, 6) is -0.767. The van der Waals surface area contributed by atoms with E-state index in [9.17, 15) is 14.4 Å². The third-order valence-electron chi connectivity index (χ3n) is 3.05. The zero-order chi connectivity index (χ0) is 17.1. The Labute approximate surface area is 135 Å². The number of halogens is 2. The highest BCUT2D eigenvalue weighted by molar-refractivity contribution is 6.32. The van der Waals surface area contributed by atoms with Crippen molar-refractivity contribution in [2.45, 2.75) is 0 Å². The second kappa shape index (κ2) is 6.53. The number of hydrogen-bond acceptors (Lipinski definition) is 5. The van der Waals surface area contributed by atoms with Gasteiger partial charge >= 0.3 is 5.69 Å². The quantitative estimate of drug-likeness (QED) is 0.792. The van der Waals surface area contributed by atoms with Gasteiger partial charge in [0.2, 0.25) is 0 Å². The molecule has 0 unspecified atom stereocenters. The predicted molar refractivity (Wildman–Crippen MR) is 77.9 cm³/mol. The van der Waals surface area contributed by atoms with Gasteiger partial charge in [0, 0.05) is 20.2 Å². The summed E-state index contributed by atoms with van der Waals surface area (Å²) in [6.45, 7) is -0.136. The molecule has 9 heteroatoms. The van der Waals surface area contributed by atoms with E-state index in [4.69, 9.17) is 26.3 Å². The molecular weight excluding hydrogens is 327 g/mol. The molecule has 0 spiro atoms. The molecular formula is C14H10ClFN4O3. The van der Waals surface area contributed by atoms with Crippen LogP contribution in [0.15, 0.2) is 16.9 Å². The number of benzene rings is 1. The minimum absolute atomic E-state index is 0.0219. The first-order valence-corrected chi connectivity index (χ1v) is 6.57. The van der Waals surface area contributed by atoms with Crippen molar-refractivity contribution in [2.75, 3.05) is 13.9 Å². The Hall–Kier alpha value is -2.81. The summed E-state index contributed by atoms with van der Waals surface area (Å²) in [4.78, 5) is 12.2. The van der Waals surface area contributed by atoms with Crippen molar-refractivity contribution in [3.63, 3.8) is 0 Å². The maximum absolute atomic E-state index is 14.2. The van der Waals surface area contributed by atoms with Crippen LogP contribution in [0.2, 0.25) is 5.02 Å². The first-order valence-electron chi connectivity index (χ1n) is 6.19. The summed E-state index contributed by atoms with van der Waals surface area (Å²) in [6, 6.07) is 5.60. The number of hydrogen-bond donors (Lipinski definition) is 0. The van der Waals surface area contributed by atoms with E-state index in [-0.39, 0.29) is 34.6 Å². The van der Waals surface area contributed by atoms with Crippen LogP contribution in [0.25, 0.3) is 5.69 Å². The van der Waals surface area contributed by atoms with E-state index in [0.29, 0.717) is 0 Å². The third kappa shape index (κ3) is 2.78. The Morgan fingerprint density at radius 1 is 1.30 bits per heavy atom. The molecule has 0 aliphatic heterocycles. The molecule has 0 saturated carbocycles. The van der Waals surface area contributed by atoms with Crippen LogP contribution in [0.3, 0.4) is 0 Å². The summed E-state index contributed by atoms with van der Waals surface area (Å²) in [5.41, 5.74) is -1.44. The van der Waals surface area contributed by atoms with Crippen LogP contribution in [0.1, 0.15) is 11.4 Å². The van der Waals surface area contributed by atoms with Crippen LogP contribution in [0.5, 0.6) is 5.75 Å². The van der Waals surface area contributed by atoms with Gasteiger partial charge in [0.05, 0.1) is 10.7 Å². The lowest BCUT2D eigenvalue weighted by atomic mass is 10.2. The maximum atomic E-state index is 14.2. The predicted octanol–water partition coefficient (Wildman–Crippen LogP) is 1.69. The Bertz CT molecular complexity index is 905. The van der Waals surface area contributed by atoms with Gasteiger partial charge in [0.1, 0.15) is 23.7 Å².